The Bertz CT molecular complexity index is 1110. The molecule has 1 N–H and O–H groups in total. The zero-order valence-corrected chi connectivity index (χ0v) is 17.9. The van der Waals surface area contributed by atoms with Gasteiger partial charge in [-0.05, 0) is 73.5 Å². The van der Waals surface area contributed by atoms with Crippen LogP contribution in [0, 0.1) is 13.8 Å². The fourth-order valence-corrected chi connectivity index (χ4v) is 4.04. The number of nitrogens with one attached hydrogen (secondary N) is 1. The minimum atomic E-state index is -3.73. The highest BCUT2D eigenvalue weighted by Gasteiger charge is 2.15. The van der Waals surface area contributed by atoms with Crippen LogP contribution in [0.5, 0.6) is 5.75 Å². The normalized spacial score (nSPS) is 11.0. The molecule has 0 aliphatic heterocycles. The maximum atomic E-state index is 12.6. The van der Waals surface area contributed by atoms with E-state index in [1.54, 1.807) is 19.2 Å². The van der Waals surface area contributed by atoms with Gasteiger partial charge in [0.1, 0.15) is 5.75 Å². The van der Waals surface area contributed by atoms with Crippen molar-refractivity contribution >= 4 is 27.3 Å². The Morgan fingerprint density at radius 2 is 1.53 bits per heavy atom. The van der Waals surface area contributed by atoms with Gasteiger partial charge < -0.3 is 9.64 Å². The lowest BCUT2D eigenvalue weighted by molar-refractivity contribution is -0.120. The van der Waals surface area contributed by atoms with Crippen molar-refractivity contribution < 1.29 is 17.9 Å². The second kappa shape index (κ2) is 9.00. The number of anilines is 2. The molecule has 3 aromatic rings. The second-order valence-electron chi connectivity index (χ2n) is 7.03. The van der Waals surface area contributed by atoms with E-state index in [0.717, 1.165) is 16.8 Å². The highest BCUT2D eigenvalue weighted by molar-refractivity contribution is 7.92. The molecule has 0 aliphatic carbocycles. The van der Waals surface area contributed by atoms with Crippen molar-refractivity contribution in [2.24, 2.45) is 0 Å². The first-order valence-electron chi connectivity index (χ1n) is 9.40. The fourth-order valence-electron chi connectivity index (χ4n) is 3.00. The van der Waals surface area contributed by atoms with Crippen LogP contribution >= 0.6 is 0 Å². The van der Waals surface area contributed by atoms with Gasteiger partial charge in [0.25, 0.3) is 15.9 Å². The van der Waals surface area contributed by atoms with Crippen LogP contribution in [0.3, 0.4) is 0 Å². The maximum absolute atomic E-state index is 12.6. The molecule has 0 saturated carbocycles. The smallest absolute Gasteiger partial charge is 0.264 e. The number of amides is 1. The van der Waals surface area contributed by atoms with Gasteiger partial charge in [-0.25, -0.2) is 8.42 Å². The summed E-state index contributed by atoms with van der Waals surface area (Å²) in [5.41, 5.74) is 3.23. The van der Waals surface area contributed by atoms with E-state index in [0.29, 0.717) is 11.4 Å². The van der Waals surface area contributed by atoms with Gasteiger partial charge in [0.2, 0.25) is 0 Å². The van der Waals surface area contributed by atoms with Gasteiger partial charge in [0.15, 0.2) is 6.61 Å². The number of hydrogen-bond donors (Lipinski definition) is 1. The summed E-state index contributed by atoms with van der Waals surface area (Å²) in [5.74, 6) is 0.199. The van der Waals surface area contributed by atoms with Crippen LogP contribution in [0.1, 0.15) is 11.1 Å². The lowest BCUT2D eigenvalue weighted by Gasteiger charge is -2.17. The molecular formula is C23H24N2O4S. The molecule has 0 atom stereocenters. The fraction of sp³-hybridized carbons (Fsp3) is 0.174. The summed E-state index contributed by atoms with van der Waals surface area (Å²) in [4.78, 5) is 13.9. The minimum Gasteiger partial charge on any atom is -0.484 e. The Hall–Kier alpha value is -3.32. The van der Waals surface area contributed by atoms with Crippen LogP contribution in [-0.2, 0) is 14.8 Å². The Morgan fingerprint density at radius 3 is 2.13 bits per heavy atom. The summed E-state index contributed by atoms with van der Waals surface area (Å²) in [6, 6.07) is 20.7. The number of carbonyl (C=O) groups excluding carboxylic acids is 1. The molecule has 0 spiro atoms. The Morgan fingerprint density at radius 1 is 0.933 bits per heavy atom. The van der Waals surface area contributed by atoms with Crippen molar-refractivity contribution in [2.75, 3.05) is 23.3 Å². The van der Waals surface area contributed by atoms with Crippen molar-refractivity contribution in [3.63, 3.8) is 0 Å². The number of carbonyl (C=O) groups is 1. The topological polar surface area (TPSA) is 75.7 Å². The molecule has 156 valence electrons. The van der Waals surface area contributed by atoms with Crippen LogP contribution < -0.4 is 14.4 Å². The van der Waals surface area contributed by atoms with E-state index in [4.69, 9.17) is 4.74 Å². The van der Waals surface area contributed by atoms with Gasteiger partial charge >= 0.3 is 0 Å². The molecule has 6 nitrogen and oxygen atoms in total. The highest BCUT2D eigenvalue weighted by Crippen LogP contribution is 2.21. The van der Waals surface area contributed by atoms with Crippen LogP contribution in [0.2, 0.25) is 0 Å². The molecule has 3 aromatic carbocycles. The highest BCUT2D eigenvalue weighted by atomic mass is 32.2. The first-order chi connectivity index (χ1) is 14.2. The zero-order chi connectivity index (χ0) is 21.7. The van der Waals surface area contributed by atoms with E-state index < -0.39 is 10.0 Å². The lowest BCUT2D eigenvalue weighted by atomic mass is 10.1. The molecule has 0 saturated heterocycles. The predicted molar refractivity (Wildman–Crippen MR) is 119 cm³/mol. The van der Waals surface area contributed by atoms with Gasteiger partial charge in [-0.1, -0.05) is 24.3 Å². The summed E-state index contributed by atoms with van der Waals surface area (Å²) in [7, 11) is -2.05. The molecule has 0 aromatic heterocycles. The molecular weight excluding hydrogens is 400 g/mol. The first-order valence-corrected chi connectivity index (χ1v) is 10.9. The number of sulfonamides is 1. The van der Waals surface area contributed by atoms with E-state index in [1.165, 1.54) is 29.2 Å². The quantitative estimate of drug-likeness (QED) is 0.618. The average molecular weight is 425 g/mol. The summed E-state index contributed by atoms with van der Waals surface area (Å²) in [5, 5.41) is 0. The zero-order valence-electron chi connectivity index (χ0n) is 17.1. The van der Waals surface area contributed by atoms with Gasteiger partial charge in [-0.3, -0.25) is 9.52 Å². The van der Waals surface area contributed by atoms with Crippen molar-refractivity contribution in [1.29, 1.82) is 0 Å². The van der Waals surface area contributed by atoms with Crippen molar-refractivity contribution in [1.82, 2.24) is 0 Å². The van der Waals surface area contributed by atoms with Crippen LogP contribution in [0.15, 0.2) is 77.7 Å². The summed E-state index contributed by atoms with van der Waals surface area (Å²) in [6.07, 6.45) is 0. The molecule has 0 aliphatic rings. The van der Waals surface area contributed by atoms with Crippen molar-refractivity contribution in [2.45, 2.75) is 18.7 Å². The average Bonchev–Trinajstić information content (AvgIpc) is 2.71. The Kier molecular flexibility index (Phi) is 6.42. The van der Waals surface area contributed by atoms with Crippen molar-refractivity contribution in [3.05, 3.63) is 83.9 Å². The number of ether oxygens (including phenoxy) is 1. The number of benzene rings is 3. The molecule has 0 bridgehead atoms. The number of aryl methyl sites for hydroxylation is 2. The third-order valence-electron chi connectivity index (χ3n) is 4.49. The van der Waals surface area contributed by atoms with E-state index in [1.807, 2.05) is 50.2 Å². The van der Waals surface area contributed by atoms with Crippen LogP contribution in [0.4, 0.5) is 11.4 Å². The molecule has 0 fully saturated rings. The molecule has 3 rings (SSSR count). The minimum absolute atomic E-state index is 0.113. The molecule has 30 heavy (non-hydrogen) atoms. The van der Waals surface area contributed by atoms with Crippen LogP contribution in [-0.4, -0.2) is 28.0 Å². The number of para-hydroxylation sites is 1. The first kappa shape index (κ1) is 21.4. The monoisotopic (exact) mass is 424 g/mol. The van der Waals surface area contributed by atoms with E-state index in [-0.39, 0.29) is 17.4 Å². The third kappa shape index (κ3) is 5.39. The van der Waals surface area contributed by atoms with E-state index in [2.05, 4.69) is 4.72 Å². The van der Waals surface area contributed by atoms with Gasteiger partial charge in [-0.15, -0.1) is 0 Å². The van der Waals surface area contributed by atoms with E-state index >= 15 is 0 Å². The second-order valence-corrected chi connectivity index (χ2v) is 8.71. The predicted octanol–water partition coefficient (Wildman–Crippen LogP) is 4.15. The van der Waals surface area contributed by atoms with Crippen molar-refractivity contribution in [3.8, 4) is 5.75 Å². The maximum Gasteiger partial charge on any atom is 0.264 e. The SMILES string of the molecule is Cc1cc(C)cc(NS(=O)(=O)c2ccc(OCC(=O)N(C)c3ccccc3)cc2)c1. The number of nitrogens with zero attached hydrogens (tertiary/aromatic N) is 1. The lowest BCUT2D eigenvalue weighted by Crippen LogP contribution is -2.31. The van der Waals surface area contributed by atoms with Gasteiger partial charge in [0.05, 0.1) is 4.90 Å². The van der Waals surface area contributed by atoms with E-state index in [9.17, 15) is 13.2 Å². The summed E-state index contributed by atoms with van der Waals surface area (Å²) < 4.78 is 33.4. The number of hydrogen-bond acceptors (Lipinski definition) is 4. The summed E-state index contributed by atoms with van der Waals surface area (Å²) in [6.45, 7) is 3.67. The molecule has 7 heteroatoms. The van der Waals surface area contributed by atoms with Gasteiger partial charge in [-0.2, -0.15) is 0 Å². The molecule has 0 radical (unpaired) electrons. The number of rotatable bonds is 7. The molecule has 0 heterocycles. The third-order valence-corrected chi connectivity index (χ3v) is 5.89. The Labute approximate surface area is 177 Å². The standard InChI is InChI=1S/C23H24N2O4S/c1-17-13-18(2)15-19(14-17)24-30(27,28)22-11-9-21(10-12-22)29-16-23(26)25(3)20-7-5-4-6-8-20/h4-15,24H,16H2,1-3H3. The largest absolute Gasteiger partial charge is 0.484 e. The van der Waals surface area contributed by atoms with Gasteiger partial charge in [0, 0.05) is 18.4 Å². The Balaban J connectivity index is 1.63. The van der Waals surface area contributed by atoms with Crippen LogP contribution in [0.25, 0.3) is 0 Å². The molecule has 1 amide bonds. The number of likely N-dealkylation sites (N-methyl/N-ethyl adjacent to an activating group) is 1. The molecule has 0 unspecified atom stereocenters. The summed E-state index contributed by atoms with van der Waals surface area (Å²) >= 11 is 0.